The summed E-state index contributed by atoms with van der Waals surface area (Å²) >= 11 is 0. The van der Waals surface area contributed by atoms with Crippen molar-refractivity contribution in [3.05, 3.63) is 40.8 Å². The van der Waals surface area contributed by atoms with Crippen molar-refractivity contribution in [2.45, 2.75) is 33.1 Å². The second kappa shape index (κ2) is 6.96. The Bertz CT molecular complexity index is 787. The Morgan fingerprint density at radius 3 is 2.52 bits per heavy atom. The first kappa shape index (κ1) is 17.0. The first-order chi connectivity index (χ1) is 12.0. The van der Waals surface area contributed by atoms with Crippen molar-refractivity contribution in [1.29, 1.82) is 0 Å². The molecule has 1 aromatic carbocycles. The number of rotatable bonds is 4. The van der Waals surface area contributed by atoms with Gasteiger partial charge in [-0.3, -0.25) is 9.59 Å². The lowest BCUT2D eigenvalue weighted by Crippen LogP contribution is -2.30. The zero-order valence-corrected chi connectivity index (χ0v) is 14.5. The van der Waals surface area contributed by atoms with E-state index in [-0.39, 0.29) is 5.91 Å². The highest BCUT2D eigenvalue weighted by Gasteiger charge is 2.21. The van der Waals surface area contributed by atoms with E-state index >= 15 is 0 Å². The lowest BCUT2D eigenvalue weighted by Gasteiger charge is -2.30. The van der Waals surface area contributed by atoms with Crippen LogP contribution in [0.4, 0.5) is 11.4 Å². The van der Waals surface area contributed by atoms with E-state index in [1.54, 1.807) is 26.0 Å². The monoisotopic (exact) mass is 342 g/mol. The number of hydrogen-bond acceptors (Lipinski definition) is 5. The van der Waals surface area contributed by atoms with Gasteiger partial charge in [-0.05, 0) is 51.3 Å². The highest BCUT2D eigenvalue weighted by molar-refractivity contribution is 6.08. The maximum absolute atomic E-state index is 12.7. The molecular formula is C18H22N4O3. The molecule has 0 bridgehead atoms. The summed E-state index contributed by atoms with van der Waals surface area (Å²) in [5, 5.41) is 6.72. The number of nitrogens with zero attached hydrogens (tertiary/aromatic N) is 2. The number of amides is 2. The van der Waals surface area contributed by atoms with Gasteiger partial charge in [-0.15, -0.1) is 0 Å². The first-order valence-corrected chi connectivity index (χ1v) is 8.40. The molecule has 0 aliphatic carbocycles. The molecule has 1 aliphatic heterocycles. The lowest BCUT2D eigenvalue weighted by molar-refractivity contribution is 0.0995. The van der Waals surface area contributed by atoms with Gasteiger partial charge in [0, 0.05) is 18.7 Å². The van der Waals surface area contributed by atoms with Crippen molar-refractivity contribution in [2.75, 3.05) is 23.3 Å². The summed E-state index contributed by atoms with van der Waals surface area (Å²) in [6.45, 7) is 5.26. The summed E-state index contributed by atoms with van der Waals surface area (Å²) in [5.41, 5.74) is 8.16. The molecule has 1 fully saturated rings. The van der Waals surface area contributed by atoms with E-state index in [9.17, 15) is 9.59 Å². The van der Waals surface area contributed by atoms with Crippen LogP contribution in [-0.2, 0) is 0 Å². The Hall–Kier alpha value is -2.83. The van der Waals surface area contributed by atoms with Crippen molar-refractivity contribution >= 4 is 23.2 Å². The summed E-state index contributed by atoms with van der Waals surface area (Å²) < 4.78 is 5.07. The molecule has 1 aliphatic rings. The van der Waals surface area contributed by atoms with Gasteiger partial charge in [0.2, 0.25) is 5.91 Å². The highest BCUT2D eigenvalue weighted by Crippen LogP contribution is 2.30. The lowest BCUT2D eigenvalue weighted by atomic mass is 10.1. The third kappa shape index (κ3) is 3.50. The molecule has 132 valence electrons. The number of primary amides is 1. The Labute approximate surface area is 146 Å². The fourth-order valence-electron chi connectivity index (χ4n) is 3.19. The average Bonchev–Trinajstić information content (AvgIpc) is 2.94. The van der Waals surface area contributed by atoms with Crippen LogP contribution in [0.3, 0.4) is 0 Å². The number of piperidine rings is 1. The third-order valence-electron chi connectivity index (χ3n) is 4.49. The number of anilines is 2. The molecule has 25 heavy (non-hydrogen) atoms. The van der Waals surface area contributed by atoms with Gasteiger partial charge in [-0.25, -0.2) is 0 Å². The number of nitrogens with two attached hydrogens (primary N) is 1. The van der Waals surface area contributed by atoms with Gasteiger partial charge >= 0.3 is 0 Å². The SMILES string of the molecule is Cc1noc(C)c1C(=O)Nc1cc(C(N)=O)ccc1N1CCCCC1. The standard InChI is InChI=1S/C18H22N4O3/c1-11-16(12(2)25-21-11)18(24)20-14-10-13(17(19)23)6-7-15(14)22-8-4-3-5-9-22/h6-7,10H,3-5,8-9H2,1-2H3,(H2,19,23)(H,20,24). The zero-order chi connectivity index (χ0) is 18.0. The second-order valence-corrected chi connectivity index (χ2v) is 6.30. The second-order valence-electron chi connectivity index (χ2n) is 6.30. The van der Waals surface area contributed by atoms with Crippen molar-refractivity contribution in [3.8, 4) is 0 Å². The van der Waals surface area contributed by atoms with Crippen LogP contribution < -0.4 is 16.0 Å². The van der Waals surface area contributed by atoms with Crippen LogP contribution in [0.15, 0.2) is 22.7 Å². The van der Waals surface area contributed by atoms with Crippen LogP contribution in [0, 0.1) is 13.8 Å². The predicted molar refractivity (Wildman–Crippen MR) is 95.0 cm³/mol. The summed E-state index contributed by atoms with van der Waals surface area (Å²) in [6.07, 6.45) is 3.42. The van der Waals surface area contributed by atoms with E-state index in [0.717, 1.165) is 31.6 Å². The van der Waals surface area contributed by atoms with E-state index in [0.29, 0.717) is 28.3 Å². The maximum Gasteiger partial charge on any atom is 0.261 e. The van der Waals surface area contributed by atoms with Gasteiger partial charge in [0.05, 0.1) is 17.1 Å². The molecule has 0 unspecified atom stereocenters. The topological polar surface area (TPSA) is 101 Å². The van der Waals surface area contributed by atoms with E-state index in [4.69, 9.17) is 10.3 Å². The van der Waals surface area contributed by atoms with Crippen molar-refractivity contribution in [2.24, 2.45) is 5.73 Å². The van der Waals surface area contributed by atoms with E-state index in [1.807, 2.05) is 6.07 Å². The zero-order valence-electron chi connectivity index (χ0n) is 14.5. The van der Waals surface area contributed by atoms with Crippen LogP contribution >= 0.6 is 0 Å². The van der Waals surface area contributed by atoms with Crippen LogP contribution in [-0.4, -0.2) is 30.1 Å². The molecule has 3 N–H and O–H groups in total. The van der Waals surface area contributed by atoms with Gasteiger partial charge in [-0.1, -0.05) is 5.16 Å². The van der Waals surface area contributed by atoms with Gasteiger partial charge in [0.25, 0.3) is 5.91 Å². The minimum atomic E-state index is -0.530. The molecule has 2 aromatic rings. The molecule has 2 heterocycles. The van der Waals surface area contributed by atoms with Crippen LogP contribution in [0.5, 0.6) is 0 Å². The third-order valence-corrected chi connectivity index (χ3v) is 4.49. The fraction of sp³-hybridized carbons (Fsp3) is 0.389. The Balaban J connectivity index is 1.95. The molecule has 2 amide bonds. The number of carbonyl (C=O) groups excluding carboxylic acids is 2. The highest BCUT2D eigenvalue weighted by atomic mass is 16.5. The number of nitrogens with one attached hydrogen (secondary N) is 1. The van der Waals surface area contributed by atoms with Gasteiger partial charge < -0.3 is 20.5 Å². The summed E-state index contributed by atoms with van der Waals surface area (Å²) in [7, 11) is 0. The number of hydrogen-bond donors (Lipinski definition) is 2. The molecular weight excluding hydrogens is 320 g/mol. The number of aromatic nitrogens is 1. The van der Waals surface area contributed by atoms with Crippen LogP contribution in [0.1, 0.15) is 51.4 Å². The summed E-state index contributed by atoms with van der Waals surface area (Å²) in [4.78, 5) is 26.4. The average molecular weight is 342 g/mol. The van der Waals surface area contributed by atoms with Crippen molar-refractivity contribution < 1.29 is 14.1 Å². The maximum atomic E-state index is 12.7. The summed E-state index contributed by atoms with van der Waals surface area (Å²) in [6, 6.07) is 5.16. The molecule has 7 heteroatoms. The summed E-state index contributed by atoms with van der Waals surface area (Å²) in [5.74, 6) is -0.380. The Kier molecular flexibility index (Phi) is 4.74. The smallest absolute Gasteiger partial charge is 0.261 e. The molecule has 0 atom stereocenters. The fourth-order valence-corrected chi connectivity index (χ4v) is 3.19. The Morgan fingerprint density at radius 1 is 1.20 bits per heavy atom. The molecule has 0 saturated carbocycles. The molecule has 3 rings (SSSR count). The number of aryl methyl sites for hydroxylation is 2. The van der Waals surface area contributed by atoms with Gasteiger partial charge in [0.15, 0.2) is 0 Å². The van der Waals surface area contributed by atoms with E-state index in [2.05, 4.69) is 15.4 Å². The molecule has 1 saturated heterocycles. The quantitative estimate of drug-likeness (QED) is 0.889. The number of benzene rings is 1. The van der Waals surface area contributed by atoms with Crippen LogP contribution in [0.2, 0.25) is 0 Å². The number of carbonyl (C=O) groups is 2. The van der Waals surface area contributed by atoms with Crippen LogP contribution in [0.25, 0.3) is 0 Å². The van der Waals surface area contributed by atoms with Crippen molar-refractivity contribution in [1.82, 2.24) is 5.16 Å². The molecule has 1 aromatic heterocycles. The van der Waals surface area contributed by atoms with Gasteiger partial charge in [0.1, 0.15) is 11.3 Å². The van der Waals surface area contributed by atoms with Crippen molar-refractivity contribution in [3.63, 3.8) is 0 Å². The minimum absolute atomic E-state index is 0.309. The van der Waals surface area contributed by atoms with E-state index in [1.165, 1.54) is 6.42 Å². The predicted octanol–water partition coefficient (Wildman–Crippen LogP) is 2.63. The normalized spacial score (nSPS) is 14.4. The van der Waals surface area contributed by atoms with E-state index < -0.39 is 5.91 Å². The Morgan fingerprint density at radius 2 is 1.92 bits per heavy atom. The molecule has 0 spiro atoms. The first-order valence-electron chi connectivity index (χ1n) is 8.40. The minimum Gasteiger partial charge on any atom is -0.370 e. The molecule has 0 radical (unpaired) electrons. The largest absolute Gasteiger partial charge is 0.370 e. The molecule has 7 nitrogen and oxygen atoms in total. The van der Waals surface area contributed by atoms with Gasteiger partial charge in [-0.2, -0.15) is 0 Å².